The quantitative estimate of drug-likeness (QED) is 0.156. The number of aromatic nitrogens is 10. The van der Waals surface area contributed by atoms with E-state index in [-0.39, 0.29) is 0 Å². The average Bonchev–Trinajstić information content (AvgIpc) is 3.95. The van der Waals surface area contributed by atoms with E-state index in [1.165, 1.54) is 0 Å². The van der Waals surface area contributed by atoms with Crippen LogP contribution in [0.15, 0.2) is 120 Å². The number of hydrogen-bond acceptors (Lipinski definition) is 8. The smallest absolute Gasteiger partial charge is 0.231 e. The fourth-order valence-electron chi connectivity index (χ4n) is 7.33. The molecule has 13 nitrogen and oxygen atoms in total. The van der Waals surface area contributed by atoms with Crippen LogP contribution in [0.3, 0.4) is 0 Å². The molecule has 0 radical (unpaired) electrons. The number of nitrogens with one attached hydrogen (secondary N) is 5. The van der Waals surface area contributed by atoms with Crippen LogP contribution < -0.4 is 4.90 Å². The van der Waals surface area contributed by atoms with Gasteiger partial charge in [-0.05, 0) is 53.9 Å². The van der Waals surface area contributed by atoms with Crippen molar-refractivity contribution in [3.63, 3.8) is 0 Å². The molecule has 5 N–H and O–H groups in total. The molecule has 3 unspecified atom stereocenters. The summed E-state index contributed by atoms with van der Waals surface area (Å²) >= 11 is 0. The summed E-state index contributed by atoms with van der Waals surface area (Å²) in [6, 6.07) is 31.9. The van der Waals surface area contributed by atoms with E-state index in [1.54, 1.807) is 12.4 Å². The van der Waals surface area contributed by atoms with E-state index in [9.17, 15) is 0 Å². The lowest BCUT2D eigenvalue weighted by Crippen LogP contribution is -2.55. The van der Waals surface area contributed by atoms with E-state index >= 15 is 0 Å². The minimum Gasteiger partial charge on any atom is -0.363 e. The first-order chi connectivity index (χ1) is 23.3. The Hall–Kier alpha value is -6.47. The summed E-state index contributed by atoms with van der Waals surface area (Å²) in [5.74, 6) is 0.484. The summed E-state index contributed by atoms with van der Waals surface area (Å²) in [5, 5.41) is 35.2. The highest BCUT2D eigenvalue weighted by Crippen LogP contribution is 2.63. The third-order valence-corrected chi connectivity index (χ3v) is 9.22. The number of fused-ring (bicyclic) bond motifs is 3. The van der Waals surface area contributed by atoms with Crippen molar-refractivity contribution >= 4 is 38.6 Å². The van der Waals surface area contributed by atoms with E-state index in [4.69, 9.17) is 24.6 Å². The van der Waals surface area contributed by atoms with Gasteiger partial charge in [0.15, 0.2) is 16.9 Å². The van der Waals surface area contributed by atoms with Gasteiger partial charge in [0.25, 0.3) is 0 Å². The van der Waals surface area contributed by atoms with Crippen LogP contribution in [0.4, 0.5) is 5.82 Å². The summed E-state index contributed by atoms with van der Waals surface area (Å²) in [4.78, 5) is 9.32. The molecule has 1 saturated heterocycles. The number of benzene rings is 3. The first-order valence-electron chi connectivity index (χ1n) is 15.1. The standard InChI is InChI=1S/C34H25N11O2/c1-4-11-23-20(8-1)18-28(38-23)33(30-22-10-3-6-14-26(22)47-43-30)32(25-13-7-16-35-25)46-34(27-15-17-36-40-27,45(33)29-19-37-44-41-29)31-21-9-2-5-12-24(21)39-42-31/h1-19,32,35,38H,(H,36,40)(H,39,42)(H,37,41,44). The molecule has 1 aliphatic rings. The Kier molecular flexibility index (Phi) is 5.23. The van der Waals surface area contributed by atoms with Gasteiger partial charge in [-0.3, -0.25) is 15.1 Å². The largest absolute Gasteiger partial charge is 0.363 e. The van der Waals surface area contributed by atoms with Crippen LogP contribution in [-0.2, 0) is 16.0 Å². The van der Waals surface area contributed by atoms with Crippen molar-refractivity contribution in [2.24, 2.45) is 0 Å². The van der Waals surface area contributed by atoms with E-state index in [0.717, 1.165) is 38.6 Å². The van der Waals surface area contributed by atoms with Crippen molar-refractivity contribution < 1.29 is 9.26 Å². The molecule has 0 spiro atoms. The number of hydrogen-bond donors (Lipinski definition) is 5. The highest BCUT2D eigenvalue weighted by atomic mass is 16.6. The molecular weight excluding hydrogens is 594 g/mol. The number of H-pyrrole nitrogens is 5. The number of para-hydroxylation sites is 3. The van der Waals surface area contributed by atoms with Gasteiger partial charge in [0.05, 0.1) is 23.1 Å². The Bertz CT molecular complexity index is 2460. The van der Waals surface area contributed by atoms with Gasteiger partial charge in [-0.15, -0.1) is 5.10 Å². The van der Waals surface area contributed by atoms with Gasteiger partial charge in [-0.25, -0.2) is 0 Å². The lowest BCUT2D eigenvalue weighted by Gasteiger charge is -2.43. The predicted octanol–water partition coefficient (Wildman–Crippen LogP) is 5.78. The Labute approximate surface area is 264 Å². The molecule has 13 heteroatoms. The second kappa shape index (κ2) is 9.52. The Balaban J connectivity index is 1.43. The molecule has 0 bridgehead atoms. The lowest BCUT2D eigenvalue weighted by molar-refractivity contribution is -0.0304. The van der Waals surface area contributed by atoms with Crippen molar-refractivity contribution in [3.05, 3.63) is 144 Å². The van der Waals surface area contributed by atoms with Crippen molar-refractivity contribution in [2.45, 2.75) is 17.4 Å². The third kappa shape index (κ3) is 3.37. The second-order valence-corrected chi connectivity index (χ2v) is 11.6. The van der Waals surface area contributed by atoms with Crippen LogP contribution in [0, 0.1) is 0 Å². The van der Waals surface area contributed by atoms with Gasteiger partial charge in [0.2, 0.25) is 5.72 Å². The lowest BCUT2D eigenvalue weighted by atomic mass is 9.80. The summed E-state index contributed by atoms with van der Waals surface area (Å²) in [5.41, 5.74) is 3.16. The van der Waals surface area contributed by atoms with Crippen molar-refractivity contribution in [1.29, 1.82) is 0 Å². The van der Waals surface area contributed by atoms with Crippen molar-refractivity contribution in [1.82, 2.24) is 50.9 Å². The average molecular weight is 620 g/mol. The van der Waals surface area contributed by atoms with E-state index in [0.29, 0.717) is 28.5 Å². The number of anilines is 1. The fourth-order valence-corrected chi connectivity index (χ4v) is 7.33. The maximum absolute atomic E-state index is 7.63. The highest BCUT2D eigenvalue weighted by molar-refractivity contribution is 5.87. The first-order valence-corrected chi connectivity index (χ1v) is 15.1. The monoisotopic (exact) mass is 619 g/mol. The predicted molar refractivity (Wildman–Crippen MR) is 172 cm³/mol. The normalized spacial score (nSPS) is 21.4. The van der Waals surface area contributed by atoms with Crippen LogP contribution in [0.25, 0.3) is 32.8 Å². The van der Waals surface area contributed by atoms with Gasteiger partial charge in [0, 0.05) is 34.4 Å². The molecule has 7 heterocycles. The van der Waals surface area contributed by atoms with Crippen molar-refractivity contribution in [3.8, 4) is 0 Å². The Morgan fingerprint density at radius 3 is 2.49 bits per heavy atom. The molecular formula is C34H25N11O2. The maximum atomic E-state index is 7.63. The van der Waals surface area contributed by atoms with E-state index in [1.807, 2.05) is 85.1 Å². The molecule has 47 heavy (non-hydrogen) atoms. The fraction of sp³-hybridized carbons (Fsp3) is 0.0882. The molecule has 0 aliphatic carbocycles. The zero-order chi connectivity index (χ0) is 31.0. The first kappa shape index (κ1) is 25.8. The molecule has 1 aliphatic heterocycles. The summed E-state index contributed by atoms with van der Waals surface area (Å²) in [7, 11) is 0. The minimum absolute atomic E-state index is 0.484. The van der Waals surface area contributed by atoms with Crippen LogP contribution >= 0.6 is 0 Å². The molecule has 0 amide bonds. The Morgan fingerprint density at radius 1 is 0.787 bits per heavy atom. The minimum atomic E-state index is -1.45. The van der Waals surface area contributed by atoms with Gasteiger partial charge in [-0.1, -0.05) is 53.7 Å². The maximum Gasteiger partial charge on any atom is 0.231 e. The Morgan fingerprint density at radius 2 is 1.66 bits per heavy atom. The summed E-state index contributed by atoms with van der Waals surface area (Å²) < 4.78 is 13.7. The van der Waals surface area contributed by atoms with Crippen molar-refractivity contribution in [2.75, 3.05) is 4.90 Å². The molecule has 1 fully saturated rings. The molecule has 3 aromatic carbocycles. The van der Waals surface area contributed by atoms with Crippen LogP contribution in [0.5, 0.6) is 0 Å². The van der Waals surface area contributed by atoms with Crippen LogP contribution in [0.1, 0.15) is 34.6 Å². The van der Waals surface area contributed by atoms with E-state index in [2.05, 4.69) is 58.7 Å². The molecule has 0 saturated carbocycles. The second-order valence-electron chi connectivity index (χ2n) is 11.6. The molecule has 9 aromatic rings. The zero-order valence-electron chi connectivity index (χ0n) is 24.5. The zero-order valence-corrected chi connectivity index (χ0v) is 24.5. The number of rotatable bonds is 6. The van der Waals surface area contributed by atoms with Crippen LogP contribution in [-0.4, -0.2) is 50.9 Å². The highest BCUT2D eigenvalue weighted by Gasteiger charge is 2.70. The number of aromatic amines is 5. The van der Waals surface area contributed by atoms with E-state index < -0.39 is 17.4 Å². The topological polar surface area (TPSA) is 169 Å². The summed E-state index contributed by atoms with van der Waals surface area (Å²) in [6.07, 6.45) is 4.53. The molecule has 3 atom stereocenters. The van der Waals surface area contributed by atoms with Gasteiger partial charge < -0.3 is 19.2 Å². The van der Waals surface area contributed by atoms with Gasteiger partial charge in [-0.2, -0.15) is 20.5 Å². The molecule has 10 rings (SSSR count). The summed E-state index contributed by atoms with van der Waals surface area (Å²) in [6.45, 7) is 0. The van der Waals surface area contributed by atoms with Crippen LogP contribution in [0.2, 0.25) is 0 Å². The molecule has 6 aromatic heterocycles. The SMILES string of the molecule is c1c[nH]c(C2OC(c3ccn[nH]3)(c3[nH]nc4ccccc34)N(c3cn[nH]n3)C2(c2cc3ccccc3[nH]2)c2noc3ccccc23)c1. The number of ether oxygens (including phenoxy) is 1. The third-order valence-electron chi connectivity index (χ3n) is 9.22. The number of nitrogens with zero attached hydrogens (tertiary/aromatic N) is 6. The van der Waals surface area contributed by atoms with Gasteiger partial charge >= 0.3 is 0 Å². The van der Waals surface area contributed by atoms with Gasteiger partial charge in [0.1, 0.15) is 17.5 Å². The molecule has 228 valence electrons.